The van der Waals surface area contributed by atoms with Crippen LogP contribution in [0.5, 0.6) is 5.75 Å². The minimum Gasteiger partial charge on any atom is -0.497 e. The Morgan fingerprint density at radius 3 is 2.33 bits per heavy atom. The highest BCUT2D eigenvalue weighted by atomic mass is 16.5. The van der Waals surface area contributed by atoms with E-state index in [4.69, 9.17) is 9.72 Å². The van der Waals surface area contributed by atoms with Gasteiger partial charge >= 0.3 is 0 Å². The van der Waals surface area contributed by atoms with Gasteiger partial charge in [-0.1, -0.05) is 60.2 Å². The lowest BCUT2D eigenvalue weighted by atomic mass is 10.0. The van der Waals surface area contributed by atoms with E-state index in [1.165, 1.54) is 5.56 Å². The average molecular weight is 481 g/mol. The Morgan fingerprint density at radius 1 is 0.889 bits per heavy atom. The number of rotatable bonds is 6. The van der Waals surface area contributed by atoms with Gasteiger partial charge in [0.25, 0.3) is 5.56 Å². The number of fused-ring (bicyclic) bond motifs is 1. The Bertz CT molecular complexity index is 1430. The molecule has 0 fully saturated rings. The molecule has 6 nitrogen and oxygen atoms in total. The maximum Gasteiger partial charge on any atom is 0.259 e. The quantitative estimate of drug-likeness (QED) is 0.373. The zero-order valence-corrected chi connectivity index (χ0v) is 21.4. The summed E-state index contributed by atoms with van der Waals surface area (Å²) in [5.74, 6) is 1.54. The third-order valence-electron chi connectivity index (χ3n) is 6.81. The van der Waals surface area contributed by atoms with Crippen molar-refractivity contribution < 1.29 is 4.74 Å². The van der Waals surface area contributed by atoms with Gasteiger partial charge < -0.3 is 4.74 Å². The van der Waals surface area contributed by atoms with Gasteiger partial charge in [-0.3, -0.25) is 19.2 Å². The zero-order valence-electron chi connectivity index (χ0n) is 21.4. The van der Waals surface area contributed by atoms with Gasteiger partial charge in [0.2, 0.25) is 5.95 Å². The molecule has 0 spiro atoms. The van der Waals surface area contributed by atoms with Gasteiger partial charge in [-0.25, -0.2) is 4.98 Å². The monoisotopic (exact) mass is 480 g/mol. The van der Waals surface area contributed by atoms with Crippen molar-refractivity contribution in [1.29, 1.82) is 0 Å². The predicted molar refractivity (Wildman–Crippen MR) is 144 cm³/mol. The molecule has 6 heteroatoms. The van der Waals surface area contributed by atoms with E-state index >= 15 is 0 Å². The van der Waals surface area contributed by atoms with E-state index in [0.29, 0.717) is 32.3 Å². The van der Waals surface area contributed by atoms with Crippen LogP contribution in [-0.4, -0.2) is 28.2 Å². The Hall–Kier alpha value is -3.90. The van der Waals surface area contributed by atoms with Crippen LogP contribution in [0.15, 0.2) is 77.6 Å². The molecule has 0 saturated carbocycles. The minimum atomic E-state index is 0.0237. The number of hydrogen-bond donors (Lipinski definition) is 0. The van der Waals surface area contributed by atoms with Gasteiger partial charge in [-0.05, 0) is 55.7 Å². The molecular weight excluding hydrogens is 448 g/mol. The summed E-state index contributed by atoms with van der Waals surface area (Å²) >= 11 is 0. The molecule has 0 unspecified atom stereocenters. The number of aryl methyl sites for hydroxylation is 3. The molecule has 3 aromatic carbocycles. The Morgan fingerprint density at radius 2 is 1.64 bits per heavy atom. The van der Waals surface area contributed by atoms with Crippen molar-refractivity contribution in [2.45, 2.75) is 40.4 Å². The van der Waals surface area contributed by atoms with Gasteiger partial charge in [-0.15, -0.1) is 0 Å². The summed E-state index contributed by atoms with van der Waals surface area (Å²) in [6.45, 7) is 7.99. The fraction of sp³-hybridized carbons (Fsp3) is 0.267. The number of benzene rings is 3. The summed E-state index contributed by atoms with van der Waals surface area (Å²) in [4.78, 5) is 23.3. The molecule has 0 atom stereocenters. The smallest absolute Gasteiger partial charge is 0.259 e. The maximum absolute atomic E-state index is 13.9. The highest BCUT2D eigenvalue weighted by Crippen LogP contribution is 2.31. The molecule has 0 aliphatic carbocycles. The normalized spacial score (nSPS) is 13.5. The SMILES string of the molecule is COc1ccc(CN2CN(c3ccc(C)cc3C)c3nc(C)c(Cc4ccccc4)c(=O)n3C2)cc1. The van der Waals surface area contributed by atoms with Crippen LogP contribution in [0.2, 0.25) is 0 Å². The number of methoxy groups -OCH3 is 1. The first-order valence-corrected chi connectivity index (χ1v) is 12.3. The molecule has 0 N–H and O–H groups in total. The average Bonchev–Trinajstić information content (AvgIpc) is 2.88. The number of ether oxygens (including phenoxy) is 1. The van der Waals surface area contributed by atoms with E-state index in [2.05, 4.69) is 66.1 Å². The molecule has 4 aromatic rings. The minimum absolute atomic E-state index is 0.0237. The first-order valence-electron chi connectivity index (χ1n) is 12.3. The first kappa shape index (κ1) is 23.8. The van der Waals surface area contributed by atoms with E-state index in [1.807, 2.05) is 41.8 Å². The van der Waals surface area contributed by atoms with E-state index in [-0.39, 0.29) is 5.56 Å². The number of nitrogens with zero attached hydrogens (tertiary/aromatic N) is 4. The van der Waals surface area contributed by atoms with E-state index in [1.54, 1.807) is 7.11 Å². The molecule has 1 aliphatic rings. The summed E-state index contributed by atoms with van der Waals surface area (Å²) in [6.07, 6.45) is 0.570. The first-order chi connectivity index (χ1) is 17.4. The molecule has 1 aromatic heterocycles. The molecule has 5 rings (SSSR count). The van der Waals surface area contributed by atoms with E-state index in [0.717, 1.165) is 39.4 Å². The molecule has 184 valence electrons. The van der Waals surface area contributed by atoms with Crippen molar-refractivity contribution in [3.63, 3.8) is 0 Å². The highest BCUT2D eigenvalue weighted by molar-refractivity contribution is 5.63. The van der Waals surface area contributed by atoms with Gasteiger partial charge in [0.1, 0.15) is 5.75 Å². The van der Waals surface area contributed by atoms with Gasteiger partial charge in [0.05, 0.1) is 26.1 Å². The van der Waals surface area contributed by atoms with Crippen molar-refractivity contribution in [1.82, 2.24) is 14.5 Å². The third-order valence-corrected chi connectivity index (χ3v) is 6.81. The Labute approximate surface area is 212 Å². The summed E-state index contributed by atoms with van der Waals surface area (Å²) in [5.41, 5.74) is 7.27. The van der Waals surface area contributed by atoms with E-state index < -0.39 is 0 Å². The van der Waals surface area contributed by atoms with Crippen LogP contribution in [0.4, 0.5) is 11.6 Å². The molecule has 36 heavy (non-hydrogen) atoms. The molecule has 1 aliphatic heterocycles. The molecule has 2 heterocycles. The van der Waals surface area contributed by atoms with Crippen LogP contribution in [0.3, 0.4) is 0 Å². The van der Waals surface area contributed by atoms with Crippen LogP contribution >= 0.6 is 0 Å². The summed E-state index contributed by atoms with van der Waals surface area (Å²) in [5, 5.41) is 0. The van der Waals surface area contributed by atoms with Crippen molar-refractivity contribution in [2.24, 2.45) is 0 Å². The van der Waals surface area contributed by atoms with Crippen LogP contribution in [-0.2, 0) is 19.6 Å². The van der Waals surface area contributed by atoms with Crippen molar-refractivity contribution in [3.8, 4) is 5.75 Å². The number of aromatic nitrogens is 2. The summed E-state index contributed by atoms with van der Waals surface area (Å²) in [7, 11) is 1.67. The van der Waals surface area contributed by atoms with Crippen molar-refractivity contribution in [2.75, 3.05) is 18.7 Å². The molecule has 0 radical (unpaired) electrons. The van der Waals surface area contributed by atoms with Gasteiger partial charge in [0.15, 0.2) is 0 Å². The lowest BCUT2D eigenvalue weighted by molar-refractivity contribution is 0.189. The zero-order chi connectivity index (χ0) is 25.2. The molecule has 0 amide bonds. The van der Waals surface area contributed by atoms with Crippen LogP contribution in [0, 0.1) is 20.8 Å². The predicted octanol–water partition coefficient (Wildman–Crippen LogP) is 5.34. The maximum atomic E-state index is 13.9. The highest BCUT2D eigenvalue weighted by Gasteiger charge is 2.28. The lowest BCUT2D eigenvalue weighted by Crippen LogP contribution is -2.47. The Balaban J connectivity index is 1.57. The van der Waals surface area contributed by atoms with Crippen LogP contribution < -0.4 is 15.2 Å². The van der Waals surface area contributed by atoms with Crippen molar-refractivity contribution >= 4 is 11.6 Å². The Kier molecular flexibility index (Phi) is 6.61. The third kappa shape index (κ3) is 4.77. The van der Waals surface area contributed by atoms with Crippen LogP contribution in [0.1, 0.15) is 33.5 Å². The van der Waals surface area contributed by atoms with E-state index in [9.17, 15) is 4.79 Å². The molecule has 0 saturated heterocycles. The standard InChI is InChI=1S/C30H32N4O2/c1-21-10-15-28(22(2)16-21)33-19-32(18-25-11-13-26(36-4)14-12-25)20-34-29(35)27(23(3)31-30(33)34)17-24-8-6-5-7-9-24/h5-16H,17-20H2,1-4H3. The lowest BCUT2D eigenvalue weighted by Gasteiger charge is -2.39. The largest absolute Gasteiger partial charge is 0.497 e. The molecular formula is C30H32N4O2. The topological polar surface area (TPSA) is 50.6 Å². The number of hydrogen-bond acceptors (Lipinski definition) is 5. The second-order valence-corrected chi connectivity index (χ2v) is 9.55. The van der Waals surface area contributed by atoms with Gasteiger partial charge in [-0.2, -0.15) is 0 Å². The summed E-state index contributed by atoms with van der Waals surface area (Å²) in [6, 6.07) is 24.6. The second kappa shape index (κ2) is 9.99. The van der Waals surface area contributed by atoms with Crippen LogP contribution in [0.25, 0.3) is 0 Å². The van der Waals surface area contributed by atoms with Gasteiger partial charge in [0, 0.05) is 24.2 Å². The fourth-order valence-electron chi connectivity index (χ4n) is 4.91. The second-order valence-electron chi connectivity index (χ2n) is 9.55. The fourth-order valence-corrected chi connectivity index (χ4v) is 4.91. The number of anilines is 2. The molecule has 0 bridgehead atoms. The van der Waals surface area contributed by atoms with Crippen molar-refractivity contribution in [3.05, 3.63) is 117 Å². The summed E-state index contributed by atoms with van der Waals surface area (Å²) < 4.78 is 7.15.